The van der Waals surface area contributed by atoms with E-state index in [4.69, 9.17) is 11.6 Å². The smallest absolute Gasteiger partial charge is 0.241 e. The largest absolute Gasteiger partial charge is 0.348 e. The van der Waals surface area contributed by atoms with Crippen molar-refractivity contribution in [2.24, 2.45) is 0 Å². The minimum absolute atomic E-state index is 0.172. The van der Waals surface area contributed by atoms with Crippen molar-refractivity contribution in [3.63, 3.8) is 0 Å². The van der Waals surface area contributed by atoms with Crippen LogP contribution in [-0.2, 0) is 14.8 Å². The van der Waals surface area contributed by atoms with Crippen molar-refractivity contribution in [1.82, 2.24) is 5.32 Å². The molecular weight excluding hydrogens is 372 g/mol. The van der Waals surface area contributed by atoms with Gasteiger partial charge in [-0.15, -0.1) is 0 Å². The minimum Gasteiger partial charge on any atom is -0.348 e. The summed E-state index contributed by atoms with van der Waals surface area (Å²) < 4.78 is 25.3. The summed E-state index contributed by atoms with van der Waals surface area (Å²) >= 11 is 5.86. The SMILES string of the molecule is CC[C@@H](NC(=O)CN(c1ccc(Cl)cc1)S(C)(=O)=O)c1ccc(C)cc1. The number of nitrogens with zero attached hydrogens (tertiary/aromatic N) is 1. The Morgan fingerprint density at radius 1 is 1.12 bits per heavy atom. The van der Waals surface area contributed by atoms with E-state index in [1.807, 2.05) is 38.1 Å². The summed E-state index contributed by atoms with van der Waals surface area (Å²) in [5, 5.41) is 3.41. The summed E-state index contributed by atoms with van der Waals surface area (Å²) in [6.45, 7) is 3.68. The first kappa shape index (κ1) is 20.3. The summed E-state index contributed by atoms with van der Waals surface area (Å²) in [5.41, 5.74) is 2.53. The summed E-state index contributed by atoms with van der Waals surface area (Å²) in [6.07, 6.45) is 1.78. The first-order valence-electron chi connectivity index (χ1n) is 8.30. The summed E-state index contributed by atoms with van der Waals surface area (Å²) in [7, 11) is -3.61. The molecule has 0 spiro atoms. The first-order valence-corrected chi connectivity index (χ1v) is 10.5. The third kappa shape index (κ3) is 5.47. The van der Waals surface area contributed by atoms with Crippen LogP contribution in [0.4, 0.5) is 5.69 Å². The Kier molecular flexibility index (Phi) is 6.67. The number of anilines is 1. The molecule has 1 N–H and O–H groups in total. The lowest BCUT2D eigenvalue weighted by Gasteiger charge is -2.24. The van der Waals surface area contributed by atoms with E-state index in [9.17, 15) is 13.2 Å². The number of aryl methyl sites for hydroxylation is 1. The molecule has 0 saturated carbocycles. The molecular formula is C19H23ClN2O3S. The van der Waals surface area contributed by atoms with Gasteiger partial charge in [-0.2, -0.15) is 0 Å². The quantitative estimate of drug-likeness (QED) is 0.778. The van der Waals surface area contributed by atoms with E-state index < -0.39 is 10.0 Å². The maximum Gasteiger partial charge on any atom is 0.241 e. The van der Waals surface area contributed by atoms with E-state index in [1.165, 1.54) is 0 Å². The predicted octanol–water partition coefficient (Wildman–Crippen LogP) is 3.68. The van der Waals surface area contributed by atoms with Crippen molar-refractivity contribution in [1.29, 1.82) is 0 Å². The van der Waals surface area contributed by atoms with Gasteiger partial charge in [-0.25, -0.2) is 8.42 Å². The number of hydrogen-bond donors (Lipinski definition) is 1. The van der Waals surface area contributed by atoms with Crippen LogP contribution in [0.3, 0.4) is 0 Å². The number of rotatable bonds is 7. The Bertz CT molecular complexity index is 849. The minimum atomic E-state index is -3.61. The highest BCUT2D eigenvalue weighted by atomic mass is 35.5. The van der Waals surface area contributed by atoms with Crippen LogP contribution in [0, 0.1) is 6.92 Å². The summed E-state index contributed by atoms with van der Waals surface area (Å²) in [6, 6.07) is 14.1. The van der Waals surface area contributed by atoms with Gasteiger partial charge in [0, 0.05) is 5.02 Å². The number of hydrogen-bond acceptors (Lipinski definition) is 3. The molecule has 0 bridgehead atoms. The highest BCUT2D eigenvalue weighted by molar-refractivity contribution is 7.92. The van der Waals surface area contributed by atoms with Gasteiger partial charge in [0.25, 0.3) is 0 Å². The molecule has 0 radical (unpaired) electrons. The molecule has 2 aromatic carbocycles. The van der Waals surface area contributed by atoms with Crippen LogP contribution >= 0.6 is 11.6 Å². The summed E-state index contributed by atoms with van der Waals surface area (Å²) in [5.74, 6) is -0.363. The normalized spacial score (nSPS) is 12.5. The summed E-state index contributed by atoms with van der Waals surface area (Å²) in [4.78, 5) is 12.5. The van der Waals surface area contributed by atoms with E-state index in [1.54, 1.807) is 24.3 Å². The average Bonchev–Trinajstić information content (AvgIpc) is 2.58. The zero-order valence-electron chi connectivity index (χ0n) is 15.1. The van der Waals surface area contributed by atoms with Gasteiger partial charge < -0.3 is 5.32 Å². The number of sulfonamides is 1. The van der Waals surface area contributed by atoms with Crippen LogP contribution in [0.2, 0.25) is 5.02 Å². The second-order valence-corrected chi connectivity index (χ2v) is 8.53. The number of nitrogens with one attached hydrogen (secondary N) is 1. The van der Waals surface area contributed by atoms with Crippen molar-refractivity contribution >= 4 is 33.2 Å². The molecule has 0 aromatic heterocycles. The Morgan fingerprint density at radius 3 is 2.19 bits per heavy atom. The van der Waals surface area contributed by atoms with Crippen molar-refractivity contribution in [3.8, 4) is 0 Å². The van der Waals surface area contributed by atoms with Gasteiger partial charge in [0.1, 0.15) is 6.54 Å². The molecule has 7 heteroatoms. The van der Waals surface area contributed by atoms with Crippen LogP contribution < -0.4 is 9.62 Å². The van der Waals surface area contributed by atoms with Crippen molar-refractivity contribution in [2.45, 2.75) is 26.3 Å². The molecule has 0 heterocycles. The number of carbonyl (C=O) groups excluding carboxylic acids is 1. The van der Waals surface area contributed by atoms with Gasteiger partial charge in [0.05, 0.1) is 18.0 Å². The van der Waals surface area contributed by atoms with Crippen molar-refractivity contribution in [3.05, 3.63) is 64.7 Å². The van der Waals surface area contributed by atoms with E-state index in [2.05, 4.69) is 5.32 Å². The molecule has 2 aromatic rings. The second kappa shape index (κ2) is 8.56. The lowest BCUT2D eigenvalue weighted by Crippen LogP contribution is -2.41. The Balaban J connectivity index is 2.16. The first-order chi connectivity index (χ1) is 12.2. The average molecular weight is 395 g/mol. The molecule has 5 nitrogen and oxygen atoms in total. The van der Waals surface area contributed by atoms with Crippen LogP contribution in [0.1, 0.15) is 30.5 Å². The fraction of sp³-hybridized carbons (Fsp3) is 0.316. The highest BCUT2D eigenvalue weighted by Crippen LogP contribution is 2.21. The molecule has 2 rings (SSSR count). The molecule has 0 saturated heterocycles. The lowest BCUT2D eigenvalue weighted by molar-refractivity contribution is -0.120. The maximum atomic E-state index is 12.5. The Morgan fingerprint density at radius 2 is 1.69 bits per heavy atom. The molecule has 0 aliphatic heterocycles. The number of benzene rings is 2. The topological polar surface area (TPSA) is 66.5 Å². The fourth-order valence-electron chi connectivity index (χ4n) is 2.60. The van der Waals surface area contributed by atoms with Gasteiger partial charge in [-0.05, 0) is 43.2 Å². The van der Waals surface area contributed by atoms with E-state index in [0.717, 1.165) is 21.7 Å². The standard InChI is InChI=1S/C19H23ClN2O3S/c1-4-18(15-7-5-14(2)6-8-15)21-19(23)13-22(26(3,24)25)17-11-9-16(20)10-12-17/h5-12,18H,4,13H2,1-3H3,(H,21,23)/t18-/m1/s1. The molecule has 1 amide bonds. The second-order valence-electron chi connectivity index (χ2n) is 6.19. The third-order valence-electron chi connectivity index (χ3n) is 4.03. The number of amides is 1. The molecule has 0 fully saturated rings. The number of carbonyl (C=O) groups is 1. The van der Waals surface area contributed by atoms with Crippen LogP contribution in [0.5, 0.6) is 0 Å². The molecule has 0 unspecified atom stereocenters. The predicted molar refractivity (Wildman–Crippen MR) is 106 cm³/mol. The third-order valence-corrected chi connectivity index (χ3v) is 5.42. The van der Waals surface area contributed by atoms with Gasteiger partial charge in [-0.1, -0.05) is 48.4 Å². The Labute approximate surface area is 160 Å². The monoisotopic (exact) mass is 394 g/mol. The van der Waals surface area contributed by atoms with Gasteiger partial charge in [0.15, 0.2) is 0 Å². The van der Waals surface area contributed by atoms with Crippen molar-refractivity contribution in [2.75, 3.05) is 17.1 Å². The molecule has 0 aliphatic rings. The zero-order chi connectivity index (χ0) is 19.3. The molecule has 1 atom stereocenters. The van der Waals surface area contributed by atoms with Crippen LogP contribution in [-0.4, -0.2) is 27.1 Å². The Hall–Kier alpha value is -2.05. The highest BCUT2D eigenvalue weighted by Gasteiger charge is 2.22. The molecule has 140 valence electrons. The van der Waals surface area contributed by atoms with Crippen LogP contribution in [0.25, 0.3) is 0 Å². The van der Waals surface area contributed by atoms with Gasteiger partial charge >= 0.3 is 0 Å². The number of halogens is 1. The van der Waals surface area contributed by atoms with E-state index >= 15 is 0 Å². The van der Waals surface area contributed by atoms with Crippen LogP contribution in [0.15, 0.2) is 48.5 Å². The van der Waals surface area contributed by atoms with Gasteiger partial charge in [0.2, 0.25) is 15.9 Å². The maximum absolute atomic E-state index is 12.5. The molecule has 0 aliphatic carbocycles. The van der Waals surface area contributed by atoms with Crippen molar-refractivity contribution < 1.29 is 13.2 Å². The fourth-order valence-corrected chi connectivity index (χ4v) is 3.58. The van der Waals surface area contributed by atoms with E-state index in [0.29, 0.717) is 17.1 Å². The van der Waals surface area contributed by atoms with E-state index in [-0.39, 0.29) is 18.5 Å². The molecule has 26 heavy (non-hydrogen) atoms. The van der Waals surface area contributed by atoms with Gasteiger partial charge in [-0.3, -0.25) is 9.10 Å². The lowest BCUT2D eigenvalue weighted by atomic mass is 10.0. The zero-order valence-corrected chi connectivity index (χ0v) is 16.6.